The van der Waals surface area contributed by atoms with Gasteiger partial charge in [0.1, 0.15) is 11.9 Å². The second-order valence-electron chi connectivity index (χ2n) is 4.82. The van der Waals surface area contributed by atoms with Gasteiger partial charge in [-0.25, -0.2) is 4.79 Å². The number of phenolic OH excluding ortho intramolecular Hbond substituents is 1. The predicted molar refractivity (Wildman–Crippen MR) is 68.3 cm³/mol. The quantitative estimate of drug-likeness (QED) is 0.896. The largest absolute Gasteiger partial charge is 0.508 e. The molecule has 0 bridgehead atoms. The van der Waals surface area contributed by atoms with Crippen LogP contribution in [0.5, 0.6) is 5.75 Å². The maximum atomic E-state index is 11.8. The number of benzene rings is 1. The molecule has 18 heavy (non-hydrogen) atoms. The third kappa shape index (κ3) is 3.39. The minimum Gasteiger partial charge on any atom is -0.508 e. The van der Waals surface area contributed by atoms with Crippen molar-refractivity contribution >= 4 is 6.09 Å². The van der Waals surface area contributed by atoms with Gasteiger partial charge >= 0.3 is 6.09 Å². The highest BCUT2D eigenvalue weighted by Crippen LogP contribution is 2.22. The number of ether oxygens (including phenoxy) is 1. The van der Waals surface area contributed by atoms with Gasteiger partial charge in [0.05, 0.1) is 0 Å². The summed E-state index contributed by atoms with van der Waals surface area (Å²) in [4.78, 5) is 13.4. The second-order valence-corrected chi connectivity index (χ2v) is 4.82. The number of phenols is 1. The van der Waals surface area contributed by atoms with Crippen LogP contribution in [-0.4, -0.2) is 29.3 Å². The molecule has 4 nitrogen and oxygen atoms in total. The molecule has 1 aromatic carbocycles. The Kier molecular flexibility index (Phi) is 4.07. The van der Waals surface area contributed by atoms with E-state index in [1.54, 1.807) is 25.2 Å². The molecular weight excluding hydrogens is 230 g/mol. The highest BCUT2D eigenvalue weighted by Gasteiger charge is 2.21. The molecule has 0 radical (unpaired) electrons. The van der Waals surface area contributed by atoms with Crippen LogP contribution in [0.3, 0.4) is 0 Å². The molecule has 4 heteroatoms. The van der Waals surface area contributed by atoms with Gasteiger partial charge in [-0.3, -0.25) is 0 Å². The Bertz CT molecular complexity index is 413. The van der Waals surface area contributed by atoms with Crippen molar-refractivity contribution in [2.45, 2.75) is 38.3 Å². The minimum atomic E-state index is -0.287. The Morgan fingerprint density at radius 3 is 2.83 bits per heavy atom. The number of carbonyl (C=O) groups is 1. The summed E-state index contributed by atoms with van der Waals surface area (Å²) in [6, 6.07) is 6.90. The van der Waals surface area contributed by atoms with E-state index in [0.717, 1.165) is 31.2 Å². The van der Waals surface area contributed by atoms with Crippen molar-refractivity contribution in [2.75, 3.05) is 7.05 Å². The lowest BCUT2D eigenvalue weighted by Gasteiger charge is -2.20. The fourth-order valence-electron chi connectivity index (χ4n) is 2.23. The summed E-state index contributed by atoms with van der Waals surface area (Å²) in [5, 5.41) is 9.36. The van der Waals surface area contributed by atoms with Gasteiger partial charge in [0, 0.05) is 13.6 Å². The van der Waals surface area contributed by atoms with E-state index < -0.39 is 0 Å². The van der Waals surface area contributed by atoms with Gasteiger partial charge in [-0.2, -0.15) is 0 Å². The first kappa shape index (κ1) is 12.7. The van der Waals surface area contributed by atoms with Crippen molar-refractivity contribution in [1.82, 2.24) is 4.90 Å². The number of rotatable bonds is 3. The highest BCUT2D eigenvalue weighted by molar-refractivity contribution is 5.67. The monoisotopic (exact) mass is 249 g/mol. The summed E-state index contributed by atoms with van der Waals surface area (Å²) in [6.45, 7) is 0.444. The van der Waals surface area contributed by atoms with Crippen LogP contribution in [0.4, 0.5) is 4.79 Å². The second kappa shape index (κ2) is 5.76. The van der Waals surface area contributed by atoms with E-state index in [2.05, 4.69) is 0 Å². The van der Waals surface area contributed by atoms with Gasteiger partial charge in [-0.15, -0.1) is 0 Å². The lowest BCUT2D eigenvalue weighted by atomic mass is 10.2. The number of hydrogen-bond acceptors (Lipinski definition) is 3. The Morgan fingerprint density at radius 1 is 1.44 bits per heavy atom. The number of amides is 1. The van der Waals surface area contributed by atoms with Crippen molar-refractivity contribution in [1.29, 1.82) is 0 Å². The zero-order chi connectivity index (χ0) is 13.0. The summed E-state index contributed by atoms with van der Waals surface area (Å²) in [7, 11) is 1.71. The molecule has 0 aliphatic heterocycles. The lowest BCUT2D eigenvalue weighted by Crippen LogP contribution is -2.29. The van der Waals surface area contributed by atoms with Crippen molar-refractivity contribution < 1.29 is 14.6 Å². The van der Waals surface area contributed by atoms with Gasteiger partial charge in [0.2, 0.25) is 0 Å². The van der Waals surface area contributed by atoms with Gasteiger partial charge in [0.15, 0.2) is 0 Å². The number of nitrogens with zero attached hydrogens (tertiary/aromatic N) is 1. The predicted octanol–water partition coefficient (Wildman–Crippen LogP) is 2.90. The third-order valence-electron chi connectivity index (χ3n) is 3.21. The molecule has 0 spiro atoms. The molecule has 1 N–H and O–H groups in total. The van der Waals surface area contributed by atoms with Crippen molar-refractivity contribution in [3.63, 3.8) is 0 Å². The maximum absolute atomic E-state index is 11.8. The molecular formula is C14H19NO3. The zero-order valence-electron chi connectivity index (χ0n) is 10.6. The molecule has 1 aliphatic rings. The van der Waals surface area contributed by atoms with Crippen molar-refractivity contribution in [3.8, 4) is 5.75 Å². The summed E-state index contributed by atoms with van der Waals surface area (Å²) in [5.74, 6) is 0.213. The average molecular weight is 249 g/mol. The summed E-state index contributed by atoms with van der Waals surface area (Å²) >= 11 is 0. The van der Waals surface area contributed by atoms with E-state index in [0.29, 0.717) is 6.54 Å². The Hall–Kier alpha value is -1.71. The molecule has 0 unspecified atom stereocenters. The lowest BCUT2D eigenvalue weighted by molar-refractivity contribution is 0.0702. The third-order valence-corrected chi connectivity index (χ3v) is 3.21. The van der Waals surface area contributed by atoms with Crippen LogP contribution >= 0.6 is 0 Å². The zero-order valence-corrected chi connectivity index (χ0v) is 10.6. The first-order valence-corrected chi connectivity index (χ1v) is 6.35. The van der Waals surface area contributed by atoms with E-state index in [9.17, 15) is 9.90 Å². The summed E-state index contributed by atoms with van der Waals surface area (Å²) in [6.07, 6.45) is 4.05. The van der Waals surface area contributed by atoms with Crippen molar-refractivity contribution in [2.24, 2.45) is 0 Å². The molecule has 1 aromatic rings. The Balaban J connectivity index is 1.86. The van der Waals surface area contributed by atoms with Crippen LogP contribution in [0.15, 0.2) is 24.3 Å². The topological polar surface area (TPSA) is 49.8 Å². The fourth-order valence-corrected chi connectivity index (χ4v) is 2.23. The molecule has 0 aromatic heterocycles. The first-order chi connectivity index (χ1) is 8.65. The SMILES string of the molecule is CN(Cc1cccc(O)c1)C(=O)OC1CCCC1. The smallest absolute Gasteiger partial charge is 0.410 e. The first-order valence-electron chi connectivity index (χ1n) is 6.35. The van der Waals surface area contributed by atoms with E-state index in [4.69, 9.17) is 4.74 Å². The van der Waals surface area contributed by atoms with Crippen LogP contribution in [0.25, 0.3) is 0 Å². The minimum absolute atomic E-state index is 0.0872. The fraction of sp³-hybridized carbons (Fsp3) is 0.500. The van der Waals surface area contributed by atoms with Crippen LogP contribution in [0.2, 0.25) is 0 Å². The molecule has 1 aliphatic carbocycles. The van der Waals surface area contributed by atoms with Gasteiger partial charge < -0.3 is 14.7 Å². The maximum Gasteiger partial charge on any atom is 0.410 e. The molecule has 98 valence electrons. The van der Waals surface area contributed by atoms with E-state index in [-0.39, 0.29) is 17.9 Å². The van der Waals surface area contributed by atoms with Crippen LogP contribution in [0, 0.1) is 0 Å². The molecule has 1 fully saturated rings. The summed E-state index contributed by atoms with van der Waals surface area (Å²) in [5.41, 5.74) is 0.890. The molecule has 1 amide bonds. The standard InChI is InChI=1S/C14H19NO3/c1-15(10-11-5-4-6-12(16)9-11)14(17)18-13-7-2-3-8-13/h4-6,9,13,16H,2-3,7-8,10H2,1H3. The Morgan fingerprint density at radius 2 is 2.17 bits per heavy atom. The van der Waals surface area contributed by atoms with Crippen LogP contribution in [-0.2, 0) is 11.3 Å². The van der Waals surface area contributed by atoms with Gasteiger partial charge in [-0.05, 0) is 43.4 Å². The molecule has 1 saturated carbocycles. The highest BCUT2D eigenvalue weighted by atomic mass is 16.6. The summed E-state index contributed by atoms with van der Waals surface area (Å²) < 4.78 is 5.40. The average Bonchev–Trinajstić information content (AvgIpc) is 2.81. The van der Waals surface area contributed by atoms with Crippen LogP contribution < -0.4 is 0 Å². The molecule has 0 atom stereocenters. The van der Waals surface area contributed by atoms with E-state index in [1.807, 2.05) is 6.07 Å². The number of hydrogen-bond donors (Lipinski definition) is 1. The number of carbonyl (C=O) groups excluding carboxylic acids is 1. The Labute approximate surface area is 107 Å². The normalized spacial score (nSPS) is 15.6. The van der Waals surface area contributed by atoms with Crippen LogP contribution in [0.1, 0.15) is 31.2 Å². The van der Waals surface area contributed by atoms with Crippen molar-refractivity contribution in [3.05, 3.63) is 29.8 Å². The van der Waals surface area contributed by atoms with Gasteiger partial charge in [0.25, 0.3) is 0 Å². The van der Waals surface area contributed by atoms with E-state index >= 15 is 0 Å². The molecule has 2 rings (SSSR count). The molecule has 0 heterocycles. The molecule has 0 saturated heterocycles. The van der Waals surface area contributed by atoms with E-state index in [1.165, 1.54) is 4.90 Å². The van der Waals surface area contributed by atoms with Gasteiger partial charge in [-0.1, -0.05) is 12.1 Å². The number of aromatic hydroxyl groups is 1.